The molecule has 0 bridgehead atoms. The minimum Gasteiger partial charge on any atom is -0.679 e. The van der Waals surface area contributed by atoms with Gasteiger partial charge in [0.25, 0.3) is 0 Å². The zero-order valence-electron chi connectivity index (χ0n) is 32.2. The Morgan fingerprint density at radius 2 is 0.982 bits per heavy atom. The van der Waals surface area contributed by atoms with E-state index < -0.39 is 107 Å². The number of esters is 1. The van der Waals surface area contributed by atoms with Crippen molar-refractivity contribution in [2.45, 2.75) is 54.8 Å². The lowest BCUT2D eigenvalue weighted by Crippen LogP contribution is -2.68. The molecule has 0 radical (unpaired) electrons. The van der Waals surface area contributed by atoms with Gasteiger partial charge in [0.15, 0.2) is 53.1 Å². The van der Waals surface area contributed by atoms with E-state index in [1.807, 2.05) is 38.1 Å². The molecule has 0 aliphatic carbocycles. The molecule has 0 amide bonds. The molecule has 57 heavy (non-hydrogen) atoms. The van der Waals surface area contributed by atoms with Crippen molar-refractivity contribution in [3.63, 3.8) is 0 Å². The van der Waals surface area contributed by atoms with Crippen LogP contribution in [0.4, 0.5) is 43.9 Å². The highest BCUT2D eigenvalue weighted by Crippen LogP contribution is 2.45. The Kier molecular flexibility index (Phi) is 11.9. The van der Waals surface area contributed by atoms with Gasteiger partial charge in [0.1, 0.15) is 23.3 Å². The van der Waals surface area contributed by atoms with Crippen molar-refractivity contribution >= 4 is 46.7 Å². The fraction of sp³-hybridized carbons (Fsp3) is 0.268. The third-order valence-electron chi connectivity index (χ3n) is 10.2. The van der Waals surface area contributed by atoms with Crippen molar-refractivity contribution in [2.75, 3.05) is 14.2 Å². The summed E-state index contributed by atoms with van der Waals surface area (Å²) in [6.45, 7) is 16.2. The number of hydrogen-bond acceptors (Lipinski definition) is 4. The molecule has 1 aliphatic heterocycles. The fourth-order valence-corrected chi connectivity index (χ4v) is 11.2. The summed E-state index contributed by atoms with van der Waals surface area (Å²) in [5.74, 6) is -30.1. The first-order valence-corrected chi connectivity index (χ1v) is 18.7. The number of carbonyl (C=O) groups excluding carboxylic acids is 1. The van der Waals surface area contributed by atoms with Gasteiger partial charge < -0.3 is 14.1 Å². The molecule has 5 rings (SSSR count). The standard InChI is InChI=1S/C41H36BF10O4P/c1-16(2)23-15-42(25-27(43)31(47)35(51)32(48)28(25)44,26-29(45)33(49)36(52)34(50)30(26)46)56-41(55-10)24(23)39(40(53)54-9)57(37-19(5)11-17(3)12-20(37)6)38-21(7)13-18(4)14-22(38)8/h11-14,23H,1,15H2,2-10H3/t23-/m1/s1. The van der Waals surface area contributed by atoms with Crippen molar-refractivity contribution in [1.82, 2.24) is 0 Å². The lowest BCUT2D eigenvalue weighted by Gasteiger charge is -2.50. The average Bonchev–Trinajstić information content (AvgIpc) is 3.13. The second kappa shape index (κ2) is 15.7. The highest BCUT2D eigenvalue weighted by Gasteiger charge is 2.53. The van der Waals surface area contributed by atoms with Crippen LogP contribution < -0.4 is 21.5 Å². The zero-order chi connectivity index (χ0) is 42.7. The number of hydrogen-bond donors (Lipinski definition) is 0. The minimum absolute atomic E-state index is 0.0621. The highest BCUT2D eigenvalue weighted by molar-refractivity contribution is 7.76. The van der Waals surface area contributed by atoms with Gasteiger partial charge in [0.05, 0.1) is 19.8 Å². The molecular weight excluding hydrogens is 788 g/mol. The van der Waals surface area contributed by atoms with Crippen LogP contribution in [-0.2, 0) is 18.9 Å². The summed E-state index contributed by atoms with van der Waals surface area (Å²) in [4.78, 5) is 14.4. The van der Waals surface area contributed by atoms with E-state index in [-0.39, 0.29) is 16.4 Å². The molecule has 16 heteroatoms. The third-order valence-corrected chi connectivity index (χ3v) is 13.4. The van der Waals surface area contributed by atoms with Gasteiger partial charge in [-0.05, 0) is 76.6 Å². The van der Waals surface area contributed by atoms with Crippen LogP contribution in [0.5, 0.6) is 0 Å². The summed E-state index contributed by atoms with van der Waals surface area (Å²) in [7, 11) is -0.155. The first-order chi connectivity index (χ1) is 26.6. The smallest absolute Gasteiger partial charge is 0.382 e. The molecule has 1 atom stereocenters. The molecular formula is C41H36BF10O4P. The van der Waals surface area contributed by atoms with Crippen molar-refractivity contribution in [3.05, 3.63) is 139 Å². The van der Waals surface area contributed by atoms with Gasteiger partial charge in [-0.15, -0.1) is 6.32 Å². The van der Waals surface area contributed by atoms with Gasteiger partial charge in [-0.1, -0.05) is 58.5 Å². The summed E-state index contributed by atoms with van der Waals surface area (Å²) in [5, 5.41) is 1.08. The SMILES string of the molecule is C=C(C)[C@H]1C[B-](c2c(F)c(F)c(F)c(F)c2F)(c2c(F)c(F)c(F)c(F)c2F)OC(OC)=C1C(C(=O)OC)=[P+](c1c(C)cc(C)cc1C)c1c(C)cc(C)cc1C. The van der Waals surface area contributed by atoms with Crippen molar-refractivity contribution in [2.24, 2.45) is 5.92 Å². The first kappa shape index (κ1) is 43.1. The van der Waals surface area contributed by atoms with E-state index >= 15 is 35.1 Å². The summed E-state index contributed by atoms with van der Waals surface area (Å²) in [6.07, 6.45) is -6.09. The molecule has 1 aliphatic rings. The molecule has 0 N–H and O–H groups in total. The van der Waals surface area contributed by atoms with Crippen LogP contribution in [0.1, 0.15) is 40.3 Å². The normalized spacial score (nSPS) is 15.0. The van der Waals surface area contributed by atoms with Gasteiger partial charge in [-0.2, -0.15) is 0 Å². The molecule has 0 fully saturated rings. The second-order valence-corrected chi connectivity index (χ2v) is 16.3. The van der Waals surface area contributed by atoms with Crippen LogP contribution in [0.2, 0.25) is 6.32 Å². The molecule has 0 aromatic heterocycles. The Hall–Kier alpha value is -5.04. The number of rotatable bonds is 8. The van der Waals surface area contributed by atoms with Crippen LogP contribution in [-0.4, -0.2) is 31.8 Å². The zero-order valence-corrected chi connectivity index (χ0v) is 33.1. The van der Waals surface area contributed by atoms with E-state index in [4.69, 9.17) is 14.1 Å². The largest absolute Gasteiger partial charge is 0.679 e. The molecule has 0 saturated heterocycles. The Morgan fingerprint density at radius 3 is 1.28 bits per heavy atom. The van der Waals surface area contributed by atoms with E-state index in [2.05, 4.69) is 6.58 Å². The molecule has 4 aromatic rings. The average molecular weight is 825 g/mol. The maximum absolute atomic E-state index is 16.0. The Morgan fingerprint density at radius 1 is 0.649 bits per heavy atom. The van der Waals surface area contributed by atoms with Gasteiger partial charge in [0, 0.05) is 0 Å². The van der Waals surface area contributed by atoms with Crippen LogP contribution in [0.3, 0.4) is 0 Å². The number of methoxy groups -OCH3 is 2. The maximum Gasteiger partial charge on any atom is 0.382 e. The first-order valence-electron chi connectivity index (χ1n) is 17.3. The van der Waals surface area contributed by atoms with E-state index in [0.717, 1.165) is 25.3 Å². The predicted octanol–water partition coefficient (Wildman–Crippen LogP) is 8.55. The fourth-order valence-electron chi connectivity index (χ4n) is 8.12. The lowest BCUT2D eigenvalue weighted by atomic mass is 9.27. The monoisotopic (exact) mass is 824 g/mol. The molecule has 0 saturated carbocycles. The Labute approximate surface area is 323 Å². The van der Waals surface area contributed by atoms with Crippen LogP contribution in [0, 0.1) is 106 Å². The summed E-state index contributed by atoms with van der Waals surface area (Å²) in [5.41, 5.74) is 0.187. The minimum atomic E-state index is -4.80. The highest BCUT2D eigenvalue weighted by atomic mass is 31.1. The van der Waals surface area contributed by atoms with Crippen molar-refractivity contribution in [3.8, 4) is 0 Å². The van der Waals surface area contributed by atoms with Gasteiger partial charge in [-0.25, -0.2) is 48.7 Å². The molecule has 302 valence electrons. The maximum atomic E-state index is 16.0. The van der Waals surface area contributed by atoms with E-state index in [9.17, 15) is 13.6 Å². The summed E-state index contributed by atoms with van der Waals surface area (Å²) < 4.78 is 170. The predicted molar refractivity (Wildman–Crippen MR) is 200 cm³/mol. The topological polar surface area (TPSA) is 44.8 Å². The molecule has 0 spiro atoms. The number of benzene rings is 4. The molecule has 4 aromatic carbocycles. The van der Waals surface area contributed by atoms with Gasteiger partial charge in [0.2, 0.25) is 17.6 Å². The summed E-state index contributed by atoms with van der Waals surface area (Å²) >= 11 is 0. The van der Waals surface area contributed by atoms with Crippen molar-refractivity contribution in [1.29, 1.82) is 0 Å². The third kappa shape index (κ3) is 6.91. The number of aryl methyl sites for hydroxylation is 6. The molecule has 1 heterocycles. The number of carbonyl (C=O) groups is 1. The van der Waals surface area contributed by atoms with E-state index in [0.29, 0.717) is 32.9 Å². The molecule has 0 unspecified atom stereocenters. The Bertz CT molecular complexity index is 2250. The lowest BCUT2D eigenvalue weighted by molar-refractivity contribution is -0.132. The Balaban J connectivity index is 2.12. The number of allylic oxidation sites excluding steroid dienone is 1. The van der Waals surface area contributed by atoms with Crippen LogP contribution in [0.25, 0.3) is 0 Å². The van der Waals surface area contributed by atoms with Gasteiger partial charge >= 0.3 is 5.97 Å². The molecule has 4 nitrogen and oxygen atoms in total. The summed E-state index contributed by atoms with van der Waals surface area (Å²) in [6, 6.07) is 7.46. The second-order valence-electron chi connectivity index (χ2n) is 14.3. The van der Waals surface area contributed by atoms with Crippen molar-refractivity contribution < 1.29 is 62.8 Å². The number of halogens is 10. The van der Waals surface area contributed by atoms with Crippen LogP contribution >= 0.6 is 7.55 Å². The van der Waals surface area contributed by atoms with E-state index in [1.165, 1.54) is 6.92 Å². The van der Waals surface area contributed by atoms with E-state index in [1.54, 1.807) is 27.7 Å². The quantitative estimate of drug-likeness (QED) is 0.0340. The number of ether oxygens (including phenoxy) is 2. The van der Waals surface area contributed by atoms with Gasteiger partial charge in [-0.3, -0.25) is 0 Å². The van der Waals surface area contributed by atoms with Crippen LogP contribution in [0.15, 0.2) is 47.9 Å².